The van der Waals surface area contributed by atoms with Crippen LogP contribution < -0.4 is 0 Å². The molecule has 1 amide bonds. The predicted octanol–water partition coefficient (Wildman–Crippen LogP) is 2.87. The van der Waals surface area contributed by atoms with E-state index in [0.717, 1.165) is 37.3 Å². The smallest absolute Gasteiger partial charge is 0.224 e. The van der Waals surface area contributed by atoms with E-state index in [1.54, 1.807) is 6.20 Å². The molecule has 1 N–H and O–H groups in total. The van der Waals surface area contributed by atoms with Crippen LogP contribution in [0, 0.1) is 0 Å². The standard InChI is InChI=1S/C17H25N5O/c1-13(2)17-18-9-12-21(17)11-7-16(23)22-10-4-3-5-15(22)14-6-8-19-20-14/h6,8-9,12-13,15H,3-5,7,10-11H2,1-2H3,(H,19,20)/t15-/m1/s1. The molecule has 0 aromatic carbocycles. The lowest BCUT2D eigenvalue weighted by Crippen LogP contribution is -2.39. The molecule has 2 aromatic rings. The first-order chi connectivity index (χ1) is 11.2. The van der Waals surface area contributed by atoms with Gasteiger partial charge in [0.2, 0.25) is 5.91 Å². The van der Waals surface area contributed by atoms with Crippen molar-refractivity contribution >= 4 is 5.91 Å². The second-order valence-electron chi connectivity index (χ2n) is 6.49. The summed E-state index contributed by atoms with van der Waals surface area (Å²) in [4.78, 5) is 19.1. The van der Waals surface area contributed by atoms with Gasteiger partial charge in [0.25, 0.3) is 0 Å². The number of aromatic amines is 1. The molecule has 6 heteroatoms. The molecule has 3 rings (SSSR count). The lowest BCUT2D eigenvalue weighted by molar-refractivity contribution is -0.135. The molecule has 1 aliphatic rings. The molecule has 0 radical (unpaired) electrons. The average molecular weight is 315 g/mol. The number of likely N-dealkylation sites (tertiary alicyclic amines) is 1. The average Bonchev–Trinajstić information content (AvgIpc) is 3.23. The van der Waals surface area contributed by atoms with Gasteiger partial charge in [-0.3, -0.25) is 9.89 Å². The van der Waals surface area contributed by atoms with E-state index in [1.165, 1.54) is 0 Å². The number of imidazole rings is 1. The number of carbonyl (C=O) groups is 1. The first kappa shape index (κ1) is 15.8. The van der Waals surface area contributed by atoms with Crippen LogP contribution in [0.25, 0.3) is 0 Å². The van der Waals surface area contributed by atoms with Gasteiger partial charge in [-0.25, -0.2) is 4.98 Å². The molecule has 6 nitrogen and oxygen atoms in total. The third kappa shape index (κ3) is 3.46. The normalized spacial score (nSPS) is 18.6. The largest absolute Gasteiger partial charge is 0.334 e. The summed E-state index contributed by atoms with van der Waals surface area (Å²) in [5.74, 6) is 1.63. The first-order valence-corrected chi connectivity index (χ1v) is 8.46. The molecule has 1 saturated heterocycles. The fourth-order valence-corrected chi connectivity index (χ4v) is 3.38. The van der Waals surface area contributed by atoms with Crippen LogP contribution in [0.4, 0.5) is 0 Å². The molecule has 1 fully saturated rings. The third-order valence-electron chi connectivity index (χ3n) is 4.54. The highest BCUT2D eigenvalue weighted by molar-refractivity contribution is 5.76. The van der Waals surface area contributed by atoms with Crippen LogP contribution in [0.1, 0.15) is 63.0 Å². The lowest BCUT2D eigenvalue weighted by atomic mass is 9.99. The maximum Gasteiger partial charge on any atom is 0.224 e. The number of amides is 1. The second kappa shape index (κ2) is 6.98. The number of aryl methyl sites for hydroxylation is 1. The highest BCUT2D eigenvalue weighted by Crippen LogP contribution is 2.30. The number of hydrogen-bond acceptors (Lipinski definition) is 3. The number of carbonyl (C=O) groups excluding carboxylic acids is 1. The van der Waals surface area contributed by atoms with Crippen LogP contribution >= 0.6 is 0 Å². The number of H-pyrrole nitrogens is 1. The maximum atomic E-state index is 12.7. The molecule has 0 aliphatic carbocycles. The molecule has 0 unspecified atom stereocenters. The summed E-state index contributed by atoms with van der Waals surface area (Å²) in [5, 5.41) is 7.06. The number of aromatic nitrogens is 4. The maximum absolute atomic E-state index is 12.7. The molecule has 1 aliphatic heterocycles. The highest BCUT2D eigenvalue weighted by atomic mass is 16.2. The molecule has 0 bridgehead atoms. The minimum Gasteiger partial charge on any atom is -0.334 e. The van der Waals surface area contributed by atoms with Crippen molar-refractivity contribution in [1.82, 2.24) is 24.6 Å². The van der Waals surface area contributed by atoms with Crippen molar-refractivity contribution in [3.05, 3.63) is 36.2 Å². The zero-order chi connectivity index (χ0) is 16.2. The van der Waals surface area contributed by atoms with Gasteiger partial charge in [0.05, 0.1) is 11.7 Å². The summed E-state index contributed by atoms with van der Waals surface area (Å²) >= 11 is 0. The number of nitrogens with zero attached hydrogens (tertiary/aromatic N) is 4. The van der Waals surface area contributed by atoms with Crippen molar-refractivity contribution in [2.75, 3.05) is 6.54 Å². The van der Waals surface area contributed by atoms with E-state index >= 15 is 0 Å². The minimum atomic E-state index is 0.145. The van der Waals surface area contributed by atoms with Crippen LogP contribution in [0.15, 0.2) is 24.7 Å². The highest BCUT2D eigenvalue weighted by Gasteiger charge is 2.28. The van der Waals surface area contributed by atoms with Crippen LogP contribution in [-0.2, 0) is 11.3 Å². The van der Waals surface area contributed by atoms with Gasteiger partial charge in [-0.05, 0) is 25.3 Å². The Morgan fingerprint density at radius 1 is 1.39 bits per heavy atom. The summed E-state index contributed by atoms with van der Waals surface area (Å²) in [6.45, 7) is 5.78. The van der Waals surface area contributed by atoms with Gasteiger partial charge in [0.1, 0.15) is 5.82 Å². The molecule has 0 spiro atoms. The quantitative estimate of drug-likeness (QED) is 0.922. The summed E-state index contributed by atoms with van der Waals surface area (Å²) in [7, 11) is 0. The van der Waals surface area contributed by atoms with E-state index in [9.17, 15) is 4.79 Å². The fourth-order valence-electron chi connectivity index (χ4n) is 3.38. The summed E-state index contributed by atoms with van der Waals surface area (Å²) < 4.78 is 2.09. The zero-order valence-electron chi connectivity index (χ0n) is 13.9. The summed E-state index contributed by atoms with van der Waals surface area (Å²) in [6, 6.07) is 2.12. The Kier molecular flexibility index (Phi) is 4.79. The summed E-state index contributed by atoms with van der Waals surface area (Å²) in [5.41, 5.74) is 1.04. The second-order valence-corrected chi connectivity index (χ2v) is 6.49. The Morgan fingerprint density at radius 2 is 2.26 bits per heavy atom. The van der Waals surface area contributed by atoms with E-state index in [-0.39, 0.29) is 11.9 Å². The molecule has 124 valence electrons. The third-order valence-corrected chi connectivity index (χ3v) is 4.54. The Balaban J connectivity index is 1.65. The van der Waals surface area contributed by atoms with Gasteiger partial charge in [-0.15, -0.1) is 0 Å². The summed E-state index contributed by atoms with van der Waals surface area (Å²) in [6.07, 6.45) is 9.30. The van der Waals surface area contributed by atoms with E-state index < -0.39 is 0 Å². The molecule has 23 heavy (non-hydrogen) atoms. The SMILES string of the molecule is CC(C)c1nccn1CCC(=O)N1CCCC[C@@H]1c1ccn[nH]1. The molecule has 3 heterocycles. The van der Waals surface area contributed by atoms with Gasteiger partial charge in [0.15, 0.2) is 0 Å². The molecule has 2 aromatic heterocycles. The Morgan fingerprint density at radius 3 is 3.00 bits per heavy atom. The number of rotatable bonds is 5. The lowest BCUT2D eigenvalue weighted by Gasteiger charge is -2.35. The van der Waals surface area contributed by atoms with Crippen molar-refractivity contribution in [2.45, 2.75) is 58.0 Å². The van der Waals surface area contributed by atoms with E-state index in [4.69, 9.17) is 0 Å². The topological polar surface area (TPSA) is 66.8 Å². The van der Waals surface area contributed by atoms with Crippen molar-refractivity contribution in [3.8, 4) is 0 Å². The van der Waals surface area contributed by atoms with Crippen molar-refractivity contribution < 1.29 is 4.79 Å². The van der Waals surface area contributed by atoms with E-state index in [1.807, 2.05) is 23.4 Å². The molecular weight excluding hydrogens is 290 g/mol. The monoisotopic (exact) mass is 315 g/mol. The van der Waals surface area contributed by atoms with Gasteiger partial charge >= 0.3 is 0 Å². The van der Waals surface area contributed by atoms with Gasteiger partial charge < -0.3 is 9.47 Å². The van der Waals surface area contributed by atoms with E-state index in [0.29, 0.717) is 18.9 Å². The van der Waals surface area contributed by atoms with Crippen LogP contribution in [0.5, 0.6) is 0 Å². The first-order valence-electron chi connectivity index (χ1n) is 8.46. The Bertz CT molecular complexity index is 631. The predicted molar refractivity (Wildman–Crippen MR) is 87.8 cm³/mol. The Hall–Kier alpha value is -2.11. The Labute approximate surface area is 136 Å². The molecular formula is C17H25N5O. The zero-order valence-corrected chi connectivity index (χ0v) is 13.9. The number of hydrogen-bond donors (Lipinski definition) is 1. The van der Waals surface area contributed by atoms with Crippen LogP contribution in [0.2, 0.25) is 0 Å². The van der Waals surface area contributed by atoms with Crippen LogP contribution in [-0.4, -0.2) is 37.1 Å². The number of nitrogens with one attached hydrogen (secondary N) is 1. The molecule has 1 atom stereocenters. The molecule has 0 saturated carbocycles. The van der Waals surface area contributed by atoms with Gasteiger partial charge in [0, 0.05) is 44.0 Å². The number of piperidine rings is 1. The van der Waals surface area contributed by atoms with Crippen molar-refractivity contribution in [1.29, 1.82) is 0 Å². The fraction of sp³-hybridized carbons (Fsp3) is 0.588. The van der Waals surface area contributed by atoms with Crippen LogP contribution in [0.3, 0.4) is 0 Å². The van der Waals surface area contributed by atoms with E-state index in [2.05, 4.69) is 33.6 Å². The van der Waals surface area contributed by atoms with Gasteiger partial charge in [-0.1, -0.05) is 13.8 Å². The minimum absolute atomic E-state index is 0.145. The van der Waals surface area contributed by atoms with Crippen molar-refractivity contribution in [3.63, 3.8) is 0 Å². The van der Waals surface area contributed by atoms with Crippen molar-refractivity contribution in [2.24, 2.45) is 0 Å². The van der Waals surface area contributed by atoms with Gasteiger partial charge in [-0.2, -0.15) is 5.10 Å².